The molecule has 1 aromatic heterocycles. The lowest BCUT2D eigenvalue weighted by atomic mass is 10.0. The van der Waals surface area contributed by atoms with E-state index in [1.807, 2.05) is 0 Å². The van der Waals surface area contributed by atoms with Crippen LogP contribution in [-0.2, 0) is 14.3 Å². The Bertz CT molecular complexity index is 1500. The van der Waals surface area contributed by atoms with E-state index in [4.69, 9.17) is 61.6 Å². The summed E-state index contributed by atoms with van der Waals surface area (Å²) in [6.07, 6.45) is 0. The molecule has 0 saturated carbocycles. The fourth-order valence-electron chi connectivity index (χ4n) is 3.48. The molecule has 1 aliphatic rings. The molecule has 2 heterocycles. The maximum absolute atomic E-state index is 14.4. The quantitative estimate of drug-likeness (QED) is 0.157. The van der Waals surface area contributed by atoms with Gasteiger partial charge in [-0.05, 0) is 41.8 Å². The van der Waals surface area contributed by atoms with E-state index in [1.165, 1.54) is 24.3 Å². The van der Waals surface area contributed by atoms with Crippen LogP contribution < -0.4 is 10.6 Å². The number of carbonyl (C=O) groups excluding carboxylic acids is 4. The van der Waals surface area contributed by atoms with Gasteiger partial charge < -0.3 is 15.2 Å². The van der Waals surface area contributed by atoms with Gasteiger partial charge in [-0.15, -0.1) is 11.3 Å². The Morgan fingerprint density at radius 1 is 1.03 bits per heavy atom. The second-order valence-electron chi connectivity index (χ2n) is 7.61. The van der Waals surface area contributed by atoms with Gasteiger partial charge >= 0.3 is 18.0 Å². The topological polar surface area (TPSA) is 116 Å². The van der Waals surface area contributed by atoms with E-state index in [0.29, 0.717) is 9.78 Å². The van der Waals surface area contributed by atoms with Crippen molar-refractivity contribution < 1.29 is 33.0 Å². The standard InChI is InChI=1S/C24H13Cl4FN2O6S/c25-14-9-16-13(8-15(14)29)18(20(32)31(16)23(30)35)19(17-5-2-6-38-17)37-22(34)12-4-1-3-11(7-12)21(33)36-10-24(26,27)28/h1-9H,10H2,(H2,30,35)/b19-18+. The molecule has 0 radical (unpaired) electrons. The third-order valence-electron chi connectivity index (χ3n) is 5.05. The van der Waals surface area contributed by atoms with E-state index in [2.05, 4.69) is 0 Å². The van der Waals surface area contributed by atoms with Crippen LogP contribution in [0.3, 0.4) is 0 Å². The number of benzene rings is 2. The molecule has 4 rings (SSSR count). The van der Waals surface area contributed by atoms with Crippen LogP contribution in [0.2, 0.25) is 5.02 Å². The molecule has 0 aliphatic carbocycles. The van der Waals surface area contributed by atoms with Gasteiger partial charge in [0.15, 0.2) is 5.76 Å². The van der Waals surface area contributed by atoms with Crippen LogP contribution in [0, 0.1) is 5.82 Å². The fourth-order valence-corrected chi connectivity index (χ4v) is 4.52. The van der Waals surface area contributed by atoms with E-state index in [-0.39, 0.29) is 38.7 Å². The number of halogens is 5. The lowest BCUT2D eigenvalue weighted by Crippen LogP contribution is -2.38. The first-order valence-electron chi connectivity index (χ1n) is 10.3. The Morgan fingerprint density at radius 2 is 1.71 bits per heavy atom. The minimum atomic E-state index is -1.83. The number of primary amides is 1. The number of thiophene rings is 1. The monoisotopic (exact) mass is 616 g/mol. The zero-order valence-electron chi connectivity index (χ0n) is 18.7. The van der Waals surface area contributed by atoms with Crippen LogP contribution in [0.1, 0.15) is 31.2 Å². The van der Waals surface area contributed by atoms with Crippen LogP contribution in [0.4, 0.5) is 14.9 Å². The predicted molar refractivity (Wildman–Crippen MR) is 142 cm³/mol. The van der Waals surface area contributed by atoms with Gasteiger partial charge in [-0.1, -0.05) is 58.5 Å². The zero-order valence-corrected chi connectivity index (χ0v) is 22.5. The molecule has 0 unspecified atom stereocenters. The normalized spacial score (nSPS) is 14.2. The minimum Gasteiger partial charge on any atom is -0.458 e. The summed E-state index contributed by atoms with van der Waals surface area (Å²) in [5.41, 5.74) is 4.83. The maximum Gasteiger partial charge on any atom is 0.343 e. The molecule has 2 aromatic carbocycles. The number of amides is 3. The average Bonchev–Trinajstić information content (AvgIpc) is 3.47. The summed E-state index contributed by atoms with van der Waals surface area (Å²) in [5, 5.41) is 1.30. The molecule has 38 heavy (non-hydrogen) atoms. The third-order valence-corrected chi connectivity index (χ3v) is 6.54. The van der Waals surface area contributed by atoms with Crippen molar-refractivity contribution in [2.45, 2.75) is 3.79 Å². The number of hydrogen-bond acceptors (Lipinski definition) is 7. The molecule has 0 saturated heterocycles. The molecule has 0 spiro atoms. The highest BCUT2D eigenvalue weighted by Crippen LogP contribution is 2.44. The van der Waals surface area contributed by atoms with Crippen molar-refractivity contribution in [3.05, 3.63) is 86.3 Å². The van der Waals surface area contributed by atoms with Gasteiger partial charge in [-0.3, -0.25) is 4.79 Å². The highest BCUT2D eigenvalue weighted by molar-refractivity contribution is 7.11. The highest BCUT2D eigenvalue weighted by atomic mass is 35.6. The summed E-state index contributed by atoms with van der Waals surface area (Å²) in [6, 6.07) is 9.34. The SMILES string of the molecule is NC(=O)N1C(=O)/C(=C(/OC(=O)c2cccc(C(=O)OCC(Cl)(Cl)Cl)c2)c2cccs2)c2cc(F)c(Cl)cc21. The number of esters is 2. The number of carbonyl (C=O) groups is 4. The summed E-state index contributed by atoms with van der Waals surface area (Å²) in [6.45, 7) is -0.530. The number of anilines is 1. The Morgan fingerprint density at radius 3 is 2.32 bits per heavy atom. The zero-order chi connectivity index (χ0) is 27.8. The van der Waals surface area contributed by atoms with E-state index in [9.17, 15) is 23.6 Å². The van der Waals surface area contributed by atoms with E-state index in [0.717, 1.165) is 23.5 Å². The number of ether oxygens (including phenoxy) is 2. The van der Waals surface area contributed by atoms with Crippen molar-refractivity contribution >= 4 is 98.6 Å². The average molecular weight is 618 g/mol. The Balaban J connectivity index is 1.76. The van der Waals surface area contributed by atoms with Crippen molar-refractivity contribution in [3.63, 3.8) is 0 Å². The molecule has 0 fully saturated rings. The van der Waals surface area contributed by atoms with Crippen LogP contribution in [-0.4, -0.2) is 34.3 Å². The number of rotatable bonds is 5. The van der Waals surface area contributed by atoms with E-state index in [1.54, 1.807) is 17.5 Å². The molecule has 2 N–H and O–H groups in total. The van der Waals surface area contributed by atoms with Crippen molar-refractivity contribution in [1.29, 1.82) is 0 Å². The van der Waals surface area contributed by atoms with Crippen LogP contribution in [0.25, 0.3) is 11.3 Å². The number of urea groups is 1. The van der Waals surface area contributed by atoms with E-state index >= 15 is 0 Å². The first-order valence-corrected chi connectivity index (χ1v) is 12.7. The summed E-state index contributed by atoms with van der Waals surface area (Å²) >= 11 is 23.8. The van der Waals surface area contributed by atoms with Crippen molar-refractivity contribution in [2.24, 2.45) is 5.73 Å². The van der Waals surface area contributed by atoms with Crippen molar-refractivity contribution in [3.8, 4) is 0 Å². The van der Waals surface area contributed by atoms with Crippen molar-refractivity contribution in [2.75, 3.05) is 11.5 Å². The lowest BCUT2D eigenvalue weighted by molar-refractivity contribution is -0.112. The largest absolute Gasteiger partial charge is 0.458 e. The third kappa shape index (κ3) is 5.79. The lowest BCUT2D eigenvalue weighted by Gasteiger charge is -2.13. The number of nitrogens with two attached hydrogens (primary N) is 1. The molecule has 0 bridgehead atoms. The fraction of sp³-hybridized carbons (Fsp3) is 0.0833. The summed E-state index contributed by atoms with van der Waals surface area (Å²) < 4.78 is 23.1. The van der Waals surface area contributed by atoms with Gasteiger partial charge in [0.1, 0.15) is 12.4 Å². The molecule has 3 aromatic rings. The second-order valence-corrected chi connectivity index (χ2v) is 11.5. The Hall–Kier alpha value is -3.15. The second kappa shape index (κ2) is 10.9. The van der Waals surface area contributed by atoms with Gasteiger partial charge in [0, 0.05) is 5.56 Å². The Kier molecular flexibility index (Phi) is 8.01. The van der Waals surface area contributed by atoms with Crippen LogP contribution in [0.15, 0.2) is 53.9 Å². The van der Waals surface area contributed by atoms with Gasteiger partial charge in [-0.25, -0.2) is 23.7 Å². The van der Waals surface area contributed by atoms with Gasteiger partial charge in [0.05, 0.1) is 32.3 Å². The summed E-state index contributed by atoms with van der Waals surface area (Å²) in [7, 11) is 0. The number of nitrogens with zero attached hydrogens (tertiary/aromatic N) is 1. The number of imide groups is 1. The Labute approximate surface area is 238 Å². The molecule has 14 heteroatoms. The highest BCUT2D eigenvalue weighted by Gasteiger charge is 2.40. The maximum atomic E-state index is 14.4. The number of alkyl halides is 3. The van der Waals surface area contributed by atoms with Crippen LogP contribution in [0.5, 0.6) is 0 Å². The van der Waals surface area contributed by atoms with Gasteiger partial charge in [-0.2, -0.15) is 0 Å². The molecule has 8 nitrogen and oxygen atoms in total. The molecular formula is C24H13Cl4FN2O6S. The van der Waals surface area contributed by atoms with Gasteiger partial charge in [0.2, 0.25) is 3.79 Å². The molecule has 196 valence electrons. The van der Waals surface area contributed by atoms with Crippen molar-refractivity contribution in [1.82, 2.24) is 0 Å². The number of fused-ring (bicyclic) bond motifs is 1. The molecule has 3 amide bonds. The predicted octanol–water partition coefficient (Wildman–Crippen LogP) is 6.22. The van der Waals surface area contributed by atoms with Gasteiger partial charge in [0.25, 0.3) is 5.91 Å². The molecular weight excluding hydrogens is 605 g/mol. The molecule has 1 aliphatic heterocycles. The summed E-state index contributed by atoms with van der Waals surface area (Å²) in [5.74, 6) is -3.93. The summed E-state index contributed by atoms with van der Waals surface area (Å²) in [4.78, 5) is 51.8. The number of hydrogen-bond donors (Lipinski definition) is 1. The first-order chi connectivity index (χ1) is 17.9. The molecule has 0 atom stereocenters. The first kappa shape index (κ1) is 27.9. The smallest absolute Gasteiger partial charge is 0.343 e. The van der Waals surface area contributed by atoms with E-state index < -0.39 is 40.1 Å². The van der Waals surface area contributed by atoms with Crippen LogP contribution >= 0.6 is 57.7 Å². The minimum absolute atomic E-state index is 0.0436.